The number of ether oxygens (including phenoxy) is 1. The third-order valence-electron chi connectivity index (χ3n) is 5.65. The van der Waals surface area contributed by atoms with Crippen LogP contribution in [0.4, 0.5) is 4.79 Å². The number of ketones is 1. The van der Waals surface area contributed by atoms with Crippen LogP contribution in [0.25, 0.3) is 0 Å². The van der Waals surface area contributed by atoms with Crippen molar-refractivity contribution in [3.8, 4) is 5.75 Å². The number of fused-ring (bicyclic) bond motifs is 1. The minimum absolute atomic E-state index is 0.0361. The first kappa shape index (κ1) is 26.1. The van der Waals surface area contributed by atoms with E-state index in [9.17, 15) is 33.6 Å². The van der Waals surface area contributed by atoms with E-state index in [0.29, 0.717) is 6.42 Å². The predicted molar refractivity (Wildman–Crippen MR) is 119 cm³/mol. The minimum atomic E-state index is -1.34. The summed E-state index contributed by atoms with van der Waals surface area (Å²) in [5.74, 6) is -4.63. The molecule has 3 rings (SSSR count). The van der Waals surface area contributed by atoms with Crippen LogP contribution in [-0.2, 0) is 24.0 Å². The van der Waals surface area contributed by atoms with Crippen molar-refractivity contribution in [1.82, 2.24) is 25.8 Å². The summed E-state index contributed by atoms with van der Waals surface area (Å²) in [5, 5.41) is 13.9. The van der Waals surface area contributed by atoms with E-state index in [1.165, 1.54) is 25.3 Å². The second kappa shape index (κ2) is 11.3. The molecule has 0 bridgehead atoms. The maximum atomic E-state index is 13.4. The van der Waals surface area contributed by atoms with Crippen molar-refractivity contribution < 1.29 is 43.4 Å². The largest absolute Gasteiger partial charge is 0.496 e. The summed E-state index contributed by atoms with van der Waals surface area (Å²) in [6.07, 6.45) is -0.127. The highest BCUT2D eigenvalue weighted by molar-refractivity contribution is 6.43. The number of benzene rings is 1. The number of hydrazine groups is 2. The molecule has 0 aliphatic carbocycles. The van der Waals surface area contributed by atoms with Gasteiger partial charge < -0.3 is 20.0 Å². The van der Waals surface area contributed by atoms with Gasteiger partial charge in [0.25, 0.3) is 5.78 Å². The van der Waals surface area contributed by atoms with Gasteiger partial charge in [0, 0.05) is 13.0 Å². The first-order valence-corrected chi connectivity index (χ1v) is 11.0. The Morgan fingerprint density at radius 2 is 1.92 bits per heavy atom. The number of carboxylic acid groups (broad SMARTS) is 1. The maximum Gasteiger partial charge on any atom is 0.358 e. The molecule has 2 aliphatic rings. The van der Waals surface area contributed by atoms with Crippen LogP contribution in [-0.4, -0.2) is 94.2 Å². The molecular formula is C22H25N5O9. The highest BCUT2D eigenvalue weighted by atomic mass is 16.5. The second-order valence-electron chi connectivity index (χ2n) is 8.02. The molecule has 0 spiro atoms. The summed E-state index contributed by atoms with van der Waals surface area (Å²) >= 11 is 0. The summed E-state index contributed by atoms with van der Waals surface area (Å²) in [5.41, 5.74) is 2.17. The number of aldehydes is 1. The quantitative estimate of drug-likeness (QED) is 0.218. The zero-order valence-corrected chi connectivity index (χ0v) is 19.3. The van der Waals surface area contributed by atoms with Crippen molar-refractivity contribution in [2.24, 2.45) is 0 Å². The summed E-state index contributed by atoms with van der Waals surface area (Å²) in [6.45, 7) is -0.136. The maximum absolute atomic E-state index is 13.4. The van der Waals surface area contributed by atoms with Crippen molar-refractivity contribution >= 4 is 41.8 Å². The first-order chi connectivity index (χ1) is 17.2. The van der Waals surface area contributed by atoms with Gasteiger partial charge in [0.1, 0.15) is 18.1 Å². The Morgan fingerprint density at radius 3 is 2.58 bits per heavy atom. The molecule has 1 aromatic rings. The molecule has 2 unspecified atom stereocenters. The van der Waals surface area contributed by atoms with Crippen LogP contribution in [0.3, 0.4) is 0 Å². The number of hydrogen-bond acceptors (Lipinski definition) is 8. The van der Waals surface area contributed by atoms with Gasteiger partial charge in [-0.2, -0.15) is 0 Å². The number of aliphatic carboxylic acids is 1. The third kappa shape index (κ3) is 5.59. The average Bonchev–Trinajstić information content (AvgIpc) is 2.99. The molecule has 0 aromatic heterocycles. The van der Waals surface area contributed by atoms with Gasteiger partial charge >= 0.3 is 17.9 Å². The molecule has 0 saturated carbocycles. The van der Waals surface area contributed by atoms with E-state index in [0.717, 1.165) is 15.0 Å². The monoisotopic (exact) mass is 503 g/mol. The fourth-order valence-corrected chi connectivity index (χ4v) is 3.94. The highest BCUT2D eigenvalue weighted by Gasteiger charge is 2.44. The van der Waals surface area contributed by atoms with E-state index >= 15 is 0 Å². The van der Waals surface area contributed by atoms with Crippen LogP contribution in [0.1, 0.15) is 36.0 Å². The molecule has 192 valence electrons. The summed E-state index contributed by atoms with van der Waals surface area (Å²) in [7, 11) is 1.33. The lowest BCUT2D eigenvalue weighted by Crippen LogP contribution is -2.65. The molecular weight excluding hydrogens is 478 g/mol. The number of nitrogens with one attached hydrogen (secondary N) is 2. The Hall–Kier alpha value is -4.49. The molecule has 1 aromatic carbocycles. The van der Waals surface area contributed by atoms with Crippen molar-refractivity contribution in [3.63, 3.8) is 0 Å². The lowest BCUT2D eigenvalue weighted by Gasteiger charge is -2.42. The van der Waals surface area contributed by atoms with E-state index in [2.05, 4.69) is 10.7 Å². The Morgan fingerprint density at radius 1 is 1.19 bits per heavy atom. The molecule has 2 aliphatic heterocycles. The molecule has 2 atom stereocenters. The van der Waals surface area contributed by atoms with Crippen molar-refractivity contribution in [1.29, 1.82) is 0 Å². The Labute approximate surface area is 205 Å². The topological polar surface area (TPSA) is 183 Å². The van der Waals surface area contributed by atoms with Crippen LogP contribution in [0.15, 0.2) is 24.3 Å². The Bertz CT molecular complexity index is 1090. The number of Topliss-reactive ketones (excluding diaryl/α,β-unsaturated/α-hetero) is 1. The number of carbonyl (C=O) groups excluding carboxylic acids is 6. The first-order valence-electron chi connectivity index (χ1n) is 11.0. The van der Waals surface area contributed by atoms with E-state index in [4.69, 9.17) is 9.84 Å². The van der Waals surface area contributed by atoms with Crippen molar-refractivity contribution in [2.75, 3.05) is 20.2 Å². The number of rotatable bonds is 9. The number of carboxylic acids is 1. The standard InChI is InChI=1S/C22H25N5O9/c1-36-16-7-3-2-5-14(16)19(32)21(34)24-25-10-8-17(29)26-9-4-6-15(27(26)22(25)35)20(33)23-13(12-28)11-18(30)31/h2-3,5,7,12-13,15H,4,6,8-11H2,1H3,(H,23,33)(H,24,34)(H,30,31). The van der Waals surface area contributed by atoms with E-state index < -0.39 is 54.0 Å². The Kier molecular flexibility index (Phi) is 8.19. The highest BCUT2D eigenvalue weighted by Crippen LogP contribution is 2.24. The molecule has 2 saturated heterocycles. The lowest BCUT2D eigenvalue weighted by atomic mass is 10.1. The third-order valence-corrected chi connectivity index (χ3v) is 5.65. The smallest absolute Gasteiger partial charge is 0.358 e. The van der Waals surface area contributed by atoms with E-state index in [1.54, 1.807) is 6.07 Å². The van der Waals surface area contributed by atoms with Gasteiger partial charge in [-0.3, -0.25) is 29.4 Å². The van der Waals surface area contributed by atoms with Gasteiger partial charge in [-0.25, -0.2) is 19.8 Å². The number of hydrogen-bond donors (Lipinski definition) is 3. The van der Waals surface area contributed by atoms with E-state index in [1.807, 2.05) is 0 Å². The predicted octanol–water partition coefficient (Wildman–Crippen LogP) is -0.899. The fraction of sp³-hybridized carbons (Fsp3) is 0.409. The molecule has 14 heteroatoms. The fourth-order valence-electron chi connectivity index (χ4n) is 3.94. The van der Waals surface area contributed by atoms with Crippen LogP contribution >= 0.6 is 0 Å². The molecule has 2 heterocycles. The number of carbonyl (C=O) groups is 7. The lowest BCUT2D eigenvalue weighted by molar-refractivity contribution is -0.155. The second-order valence-corrected chi connectivity index (χ2v) is 8.02. The van der Waals surface area contributed by atoms with Crippen LogP contribution in [0, 0.1) is 0 Å². The summed E-state index contributed by atoms with van der Waals surface area (Å²) in [6, 6.07) is 2.47. The van der Waals surface area contributed by atoms with Gasteiger partial charge in [0.2, 0.25) is 11.8 Å². The molecule has 14 nitrogen and oxygen atoms in total. The zero-order chi connectivity index (χ0) is 26.4. The number of methoxy groups -OCH3 is 1. The van der Waals surface area contributed by atoms with E-state index in [-0.39, 0.29) is 43.5 Å². The normalized spacial score (nSPS) is 18.5. The molecule has 3 N–H and O–H groups in total. The summed E-state index contributed by atoms with van der Waals surface area (Å²) < 4.78 is 5.09. The minimum Gasteiger partial charge on any atom is -0.496 e. The average molecular weight is 503 g/mol. The molecule has 5 amide bonds. The number of urea groups is 1. The number of nitrogens with zero attached hydrogens (tertiary/aromatic N) is 3. The van der Waals surface area contributed by atoms with Crippen LogP contribution in [0.5, 0.6) is 5.75 Å². The molecule has 2 fully saturated rings. The number of amides is 5. The van der Waals surface area contributed by atoms with Crippen LogP contribution < -0.4 is 15.5 Å². The Balaban J connectivity index is 1.81. The van der Waals surface area contributed by atoms with Gasteiger partial charge in [0.05, 0.1) is 31.7 Å². The van der Waals surface area contributed by atoms with Crippen molar-refractivity contribution in [3.05, 3.63) is 29.8 Å². The number of para-hydroxylation sites is 1. The molecule has 36 heavy (non-hydrogen) atoms. The van der Waals surface area contributed by atoms with Gasteiger partial charge in [-0.05, 0) is 25.0 Å². The molecule has 0 radical (unpaired) electrons. The zero-order valence-electron chi connectivity index (χ0n) is 19.3. The van der Waals surface area contributed by atoms with Gasteiger partial charge in [-0.1, -0.05) is 12.1 Å². The van der Waals surface area contributed by atoms with Gasteiger partial charge in [-0.15, -0.1) is 0 Å². The van der Waals surface area contributed by atoms with Crippen molar-refractivity contribution in [2.45, 2.75) is 37.8 Å². The SMILES string of the molecule is COc1ccccc1C(=O)C(=O)NN1CCC(=O)N2CCCC(C(=O)NC(C=O)CC(=O)O)N2C1=O. The van der Waals surface area contributed by atoms with Crippen LogP contribution in [0.2, 0.25) is 0 Å². The van der Waals surface area contributed by atoms with Gasteiger partial charge in [0.15, 0.2) is 0 Å². The summed E-state index contributed by atoms with van der Waals surface area (Å²) in [4.78, 5) is 86.4.